The number of hydrogen-bond donors (Lipinski definition) is 2. The molecule has 26 heavy (non-hydrogen) atoms. The maximum atomic E-state index is 11.2. The second-order valence-corrected chi connectivity index (χ2v) is 6.92. The number of nitrogens with zero attached hydrogens (tertiary/aromatic N) is 2. The van der Waals surface area contributed by atoms with Crippen LogP contribution < -0.4 is 9.47 Å². The number of hydrogen-bond acceptors (Lipinski definition) is 6. The van der Waals surface area contributed by atoms with E-state index in [4.69, 9.17) is 9.47 Å². The number of nitriles is 1. The molecule has 1 aliphatic heterocycles. The van der Waals surface area contributed by atoms with Gasteiger partial charge in [-0.05, 0) is 49.9 Å². The van der Waals surface area contributed by atoms with Crippen LogP contribution in [0.2, 0.25) is 0 Å². The van der Waals surface area contributed by atoms with Crippen molar-refractivity contribution in [3.63, 3.8) is 0 Å². The zero-order chi connectivity index (χ0) is 18.1. The van der Waals surface area contributed by atoms with Gasteiger partial charge in [0.15, 0.2) is 6.10 Å². The minimum Gasteiger partial charge on any atom is -0.493 e. The van der Waals surface area contributed by atoms with Crippen molar-refractivity contribution in [3.8, 4) is 23.4 Å². The van der Waals surface area contributed by atoms with Crippen molar-refractivity contribution in [2.24, 2.45) is 0 Å². The topological polar surface area (TPSA) is 95.6 Å². The predicted molar refractivity (Wildman–Crippen MR) is 92.9 cm³/mol. The van der Waals surface area contributed by atoms with E-state index in [1.54, 1.807) is 24.3 Å². The zero-order valence-corrected chi connectivity index (χ0v) is 14.3. The minimum absolute atomic E-state index is 0.151. The molecule has 0 bridgehead atoms. The molecule has 134 valence electrons. The van der Waals surface area contributed by atoms with Gasteiger partial charge in [0, 0.05) is 17.8 Å². The molecular formula is C20H20N2O4. The lowest BCUT2D eigenvalue weighted by Crippen LogP contribution is -2.55. The third-order valence-corrected chi connectivity index (χ3v) is 5.26. The third kappa shape index (κ3) is 2.85. The molecule has 2 unspecified atom stereocenters. The zero-order valence-electron chi connectivity index (χ0n) is 14.3. The molecule has 0 amide bonds. The number of rotatable bonds is 2. The third-order valence-electron chi connectivity index (χ3n) is 5.26. The first-order valence-corrected chi connectivity index (χ1v) is 8.84. The molecule has 1 spiro atoms. The number of aliphatic hydroxyl groups excluding tert-OH is 1. The number of fused-ring (bicyclic) bond motifs is 1. The number of benzene rings is 1. The van der Waals surface area contributed by atoms with Gasteiger partial charge in [0.25, 0.3) is 0 Å². The highest BCUT2D eigenvalue weighted by molar-refractivity contribution is 5.46. The van der Waals surface area contributed by atoms with Crippen LogP contribution in [0.15, 0.2) is 36.5 Å². The Morgan fingerprint density at radius 2 is 2.00 bits per heavy atom. The molecule has 2 N–H and O–H groups in total. The second kappa shape index (κ2) is 6.50. The van der Waals surface area contributed by atoms with Gasteiger partial charge in [0.05, 0.1) is 11.6 Å². The summed E-state index contributed by atoms with van der Waals surface area (Å²) in [6, 6.07) is 10.3. The van der Waals surface area contributed by atoms with E-state index in [1.807, 2.05) is 0 Å². The van der Waals surface area contributed by atoms with E-state index in [2.05, 4.69) is 11.1 Å². The van der Waals surface area contributed by atoms with Crippen molar-refractivity contribution in [2.75, 3.05) is 0 Å². The van der Waals surface area contributed by atoms with E-state index in [-0.39, 0.29) is 5.88 Å². The van der Waals surface area contributed by atoms with Crippen LogP contribution in [0.3, 0.4) is 0 Å². The monoisotopic (exact) mass is 352 g/mol. The number of aromatic hydroxyl groups is 1. The SMILES string of the molecule is N#Cc1ccc2c(c1)C(Oc1ccnc(O)c1)C(O)C1(CCCCC1)O2. The van der Waals surface area contributed by atoms with Crippen molar-refractivity contribution in [3.05, 3.63) is 47.7 Å². The largest absolute Gasteiger partial charge is 0.493 e. The van der Waals surface area contributed by atoms with E-state index in [0.717, 1.165) is 32.1 Å². The Labute approximate surface area is 151 Å². The highest BCUT2D eigenvalue weighted by Gasteiger charge is 2.51. The van der Waals surface area contributed by atoms with E-state index >= 15 is 0 Å². The first-order valence-electron chi connectivity index (χ1n) is 8.84. The number of aromatic nitrogens is 1. The van der Waals surface area contributed by atoms with Gasteiger partial charge >= 0.3 is 0 Å². The van der Waals surface area contributed by atoms with Gasteiger partial charge in [-0.3, -0.25) is 0 Å². The number of ether oxygens (including phenoxy) is 2. The lowest BCUT2D eigenvalue weighted by molar-refractivity contribution is -0.136. The molecule has 1 aromatic carbocycles. The fraction of sp³-hybridized carbons (Fsp3) is 0.400. The van der Waals surface area contributed by atoms with Gasteiger partial charge < -0.3 is 19.7 Å². The van der Waals surface area contributed by atoms with Crippen LogP contribution in [0.4, 0.5) is 0 Å². The van der Waals surface area contributed by atoms with Gasteiger partial charge in [0.2, 0.25) is 5.88 Å². The Morgan fingerprint density at radius 3 is 2.73 bits per heavy atom. The maximum absolute atomic E-state index is 11.2. The van der Waals surface area contributed by atoms with Crippen molar-refractivity contribution >= 4 is 0 Å². The molecule has 1 fully saturated rings. The van der Waals surface area contributed by atoms with Crippen LogP contribution in [-0.2, 0) is 0 Å². The first-order chi connectivity index (χ1) is 12.6. The Bertz CT molecular complexity index is 855. The summed E-state index contributed by atoms with van der Waals surface area (Å²) in [6.07, 6.45) is 4.51. The molecule has 2 aliphatic rings. The quantitative estimate of drug-likeness (QED) is 0.861. The fourth-order valence-corrected chi connectivity index (χ4v) is 3.95. The van der Waals surface area contributed by atoms with Gasteiger partial charge in [0.1, 0.15) is 23.2 Å². The average Bonchev–Trinajstić information content (AvgIpc) is 2.66. The van der Waals surface area contributed by atoms with Crippen molar-refractivity contribution in [1.29, 1.82) is 5.26 Å². The van der Waals surface area contributed by atoms with Gasteiger partial charge in [-0.25, -0.2) is 4.98 Å². The van der Waals surface area contributed by atoms with Crippen LogP contribution in [0, 0.1) is 11.3 Å². The molecular weight excluding hydrogens is 332 g/mol. The Hall–Kier alpha value is -2.78. The molecule has 0 saturated heterocycles. The van der Waals surface area contributed by atoms with E-state index in [9.17, 15) is 15.5 Å². The maximum Gasteiger partial charge on any atom is 0.214 e. The van der Waals surface area contributed by atoms with Gasteiger partial charge in [-0.1, -0.05) is 6.42 Å². The van der Waals surface area contributed by atoms with Crippen LogP contribution in [0.25, 0.3) is 0 Å². The lowest BCUT2D eigenvalue weighted by Gasteiger charge is -2.47. The van der Waals surface area contributed by atoms with Gasteiger partial charge in [-0.2, -0.15) is 5.26 Å². The Morgan fingerprint density at radius 1 is 1.19 bits per heavy atom. The molecule has 4 rings (SSSR count). The number of pyridine rings is 1. The summed E-state index contributed by atoms with van der Waals surface area (Å²) in [5.41, 5.74) is 0.438. The molecule has 2 aromatic rings. The summed E-state index contributed by atoms with van der Waals surface area (Å²) in [5, 5.41) is 30.0. The fourth-order valence-electron chi connectivity index (χ4n) is 3.95. The molecule has 2 heterocycles. The van der Waals surface area contributed by atoms with E-state index in [0.29, 0.717) is 22.6 Å². The lowest BCUT2D eigenvalue weighted by atomic mass is 9.75. The first kappa shape index (κ1) is 16.7. The van der Waals surface area contributed by atoms with Crippen LogP contribution in [0.5, 0.6) is 17.4 Å². The number of aliphatic hydroxyl groups is 1. The van der Waals surface area contributed by atoms with E-state index < -0.39 is 17.8 Å². The summed E-state index contributed by atoms with van der Waals surface area (Å²) >= 11 is 0. The highest BCUT2D eigenvalue weighted by atomic mass is 16.5. The van der Waals surface area contributed by atoms with Crippen molar-refractivity contribution in [2.45, 2.75) is 49.9 Å². The summed E-state index contributed by atoms with van der Waals surface area (Å²) in [4.78, 5) is 3.75. The van der Waals surface area contributed by atoms with E-state index in [1.165, 1.54) is 12.3 Å². The Kier molecular flexibility index (Phi) is 4.17. The summed E-state index contributed by atoms with van der Waals surface area (Å²) in [7, 11) is 0. The molecule has 0 radical (unpaired) electrons. The molecule has 6 nitrogen and oxygen atoms in total. The average molecular weight is 352 g/mol. The van der Waals surface area contributed by atoms with Crippen LogP contribution >= 0.6 is 0 Å². The second-order valence-electron chi connectivity index (χ2n) is 6.92. The normalized spacial score (nSPS) is 23.5. The smallest absolute Gasteiger partial charge is 0.214 e. The molecule has 1 aromatic heterocycles. The van der Waals surface area contributed by atoms with Gasteiger partial charge in [-0.15, -0.1) is 0 Å². The highest BCUT2D eigenvalue weighted by Crippen LogP contribution is 2.48. The summed E-state index contributed by atoms with van der Waals surface area (Å²) < 4.78 is 12.3. The molecule has 1 aliphatic carbocycles. The van der Waals surface area contributed by atoms with Crippen LogP contribution in [-0.4, -0.2) is 26.9 Å². The molecule has 6 heteroatoms. The van der Waals surface area contributed by atoms with Crippen LogP contribution in [0.1, 0.15) is 49.3 Å². The van der Waals surface area contributed by atoms with Crippen molar-refractivity contribution in [1.82, 2.24) is 4.98 Å². The molecule has 1 saturated carbocycles. The summed E-state index contributed by atoms with van der Waals surface area (Å²) in [6.45, 7) is 0. The minimum atomic E-state index is -0.875. The Balaban J connectivity index is 1.77. The van der Waals surface area contributed by atoms with Crippen molar-refractivity contribution < 1.29 is 19.7 Å². The standard InChI is InChI=1S/C20H20N2O4/c21-12-13-4-5-16-15(10-13)18(25-14-6-9-22-17(23)11-14)19(24)20(26-16)7-2-1-3-8-20/h4-6,9-11,18-19,24H,1-3,7-8H2,(H,22,23). The summed E-state index contributed by atoms with van der Waals surface area (Å²) in [5.74, 6) is 0.893. The predicted octanol–water partition coefficient (Wildman–Crippen LogP) is 3.24. The molecule has 2 atom stereocenters.